The van der Waals surface area contributed by atoms with Crippen LogP contribution in [0.15, 0.2) is 60.9 Å². The van der Waals surface area contributed by atoms with Gasteiger partial charge in [0.25, 0.3) is 0 Å². The number of methoxy groups -OCH3 is 1. The van der Waals surface area contributed by atoms with Crippen LogP contribution >= 0.6 is 0 Å². The lowest BCUT2D eigenvalue weighted by Crippen LogP contribution is -2.25. The van der Waals surface area contributed by atoms with Gasteiger partial charge in [0.15, 0.2) is 0 Å². The molecule has 7 rings (SSSR count). The summed E-state index contributed by atoms with van der Waals surface area (Å²) in [6.45, 7) is 1.80. The molecule has 3 aromatic heterocycles. The number of hydrogen-bond acceptors (Lipinski definition) is 6. The predicted molar refractivity (Wildman–Crippen MR) is 134 cm³/mol. The zero-order valence-electron chi connectivity index (χ0n) is 19.5. The maximum absolute atomic E-state index is 11.1. The van der Waals surface area contributed by atoms with Crippen LogP contribution in [0.3, 0.4) is 0 Å². The maximum atomic E-state index is 11.1. The van der Waals surface area contributed by atoms with E-state index in [9.17, 15) is 4.79 Å². The Morgan fingerprint density at radius 1 is 1.00 bits per heavy atom. The van der Waals surface area contributed by atoms with Crippen molar-refractivity contribution in [3.63, 3.8) is 0 Å². The summed E-state index contributed by atoms with van der Waals surface area (Å²) in [5.41, 5.74) is 4.60. The molecule has 174 valence electrons. The third kappa shape index (κ3) is 2.99. The zero-order valence-corrected chi connectivity index (χ0v) is 19.5. The van der Waals surface area contributed by atoms with Gasteiger partial charge in [0.05, 0.1) is 24.5 Å². The molecule has 8 heteroatoms. The number of benzene rings is 2. The number of aldehydes is 1. The summed E-state index contributed by atoms with van der Waals surface area (Å²) in [5.74, 6) is 2.92. The molecular formula is C27H24N6O2. The van der Waals surface area contributed by atoms with Gasteiger partial charge >= 0.3 is 0 Å². The number of nitrogens with zero attached hydrogens (tertiary/aromatic N) is 6. The first-order chi connectivity index (χ1) is 17.2. The van der Waals surface area contributed by atoms with Crippen LogP contribution in [0.2, 0.25) is 0 Å². The summed E-state index contributed by atoms with van der Waals surface area (Å²) in [6, 6.07) is 16.2. The molecular weight excluding hydrogens is 440 g/mol. The Hall–Kier alpha value is -4.20. The lowest BCUT2D eigenvalue weighted by atomic mass is 10.0. The molecule has 0 amide bonds. The predicted octanol–water partition coefficient (Wildman–Crippen LogP) is 3.86. The number of ether oxygens (including phenoxy) is 1. The molecule has 0 radical (unpaired) electrons. The molecule has 2 atom stereocenters. The molecule has 1 aliphatic carbocycles. The summed E-state index contributed by atoms with van der Waals surface area (Å²) >= 11 is 0. The number of aromatic nitrogens is 5. The Labute approximate surface area is 201 Å². The Balaban J connectivity index is 1.33. The minimum Gasteiger partial charge on any atom is -0.494 e. The van der Waals surface area contributed by atoms with E-state index in [1.807, 2.05) is 59.1 Å². The molecule has 2 unspecified atom stereocenters. The van der Waals surface area contributed by atoms with Crippen molar-refractivity contribution in [2.45, 2.75) is 0 Å². The molecule has 2 aromatic carbocycles. The number of pyridine rings is 1. The van der Waals surface area contributed by atoms with E-state index in [2.05, 4.69) is 28.2 Å². The molecule has 5 aromatic rings. The number of rotatable bonds is 5. The number of fused-ring (bicyclic) bond motifs is 3. The van der Waals surface area contributed by atoms with Crippen molar-refractivity contribution < 1.29 is 9.53 Å². The highest BCUT2D eigenvalue weighted by Gasteiger charge is 2.55. The first-order valence-electron chi connectivity index (χ1n) is 11.8. The number of carbonyl (C=O) groups excluding carboxylic acids is 1. The average molecular weight is 465 g/mol. The van der Waals surface area contributed by atoms with Crippen molar-refractivity contribution in [1.29, 1.82) is 0 Å². The van der Waals surface area contributed by atoms with Gasteiger partial charge in [-0.05, 0) is 36.1 Å². The van der Waals surface area contributed by atoms with Crippen LogP contribution in [0.5, 0.6) is 5.75 Å². The molecule has 0 N–H and O–H groups in total. The van der Waals surface area contributed by atoms with Gasteiger partial charge in [-0.2, -0.15) is 10.2 Å². The summed E-state index contributed by atoms with van der Waals surface area (Å²) < 4.78 is 9.48. The molecule has 35 heavy (non-hydrogen) atoms. The highest BCUT2D eigenvalue weighted by Crippen LogP contribution is 2.51. The van der Waals surface area contributed by atoms with E-state index in [4.69, 9.17) is 14.8 Å². The molecule has 1 saturated heterocycles. The molecule has 2 aliphatic rings. The molecule has 0 spiro atoms. The van der Waals surface area contributed by atoms with E-state index in [1.54, 1.807) is 7.11 Å². The summed E-state index contributed by atoms with van der Waals surface area (Å²) in [7, 11) is 3.61. The molecule has 8 nitrogen and oxygen atoms in total. The van der Waals surface area contributed by atoms with E-state index in [-0.39, 0.29) is 5.92 Å². The summed E-state index contributed by atoms with van der Waals surface area (Å²) in [6.07, 6.45) is 5.01. The Morgan fingerprint density at radius 3 is 2.57 bits per heavy atom. The van der Waals surface area contributed by atoms with Gasteiger partial charge in [-0.3, -0.25) is 4.68 Å². The quantitative estimate of drug-likeness (QED) is 0.368. The molecule has 0 bridgehead atoms. The first-order valence-corrected chi connectivity index (χ1v) is 11.8. The van der Waals surface area contributed by atoms with Crippen molar-refractivity contribution in [3.8, 4) is 22.7 Å². The molecule has 1 saturated carbocycles. The van der Waals surface area contributed by atoms with E-state index in [0.29, 0.717) is 11.8 Å². The van der Waals surface area contributed by atoms with Gasteiger partial charge < -0.3 is 14.4 Å². The fraction of sp³-hybridized carbons (Fsp3) is 0.259. The second-order valence-electron chi connectivity index (χ2n) is 9.48. The lowest BCUT2D eigenvalue weighted by Gasteiger charge is -2.20. The minimum atomic E-state index is 0.246. The Bertz CT molecular complexity index is 1590. The monoisotopic (exact) mass is 464 g/mol. The van der Waals surface area contributed by atoms with Gasteiger partial charge in [0.1, 0.15) is 29.1 Å². The van der Waals surface area contributed by atoms with Crippen LogP contribution < -0.4 is 9.64 Å². The van der Waals surface area contributed by atoms with Crippen LogP contribution in [0.25, 0.3) is 38.8 Å². The molecule has 2 fully saturated rings. The van der Waals surface area contributed by atoms with Crippen LogP contribution in [0, 0.1) is 17.8 Å². The average Bonchev–Trinajstić information content (AvgIpc) is 3.25. The number of para-hydroxylation sites is 1. The fourth-order valence-electron chi connectivity index (χ4n) is 5.71. The number of piperidine rings is 1. The number of aryl methyl sites for hydroxylation is 1. The number of hydrogen-bond donors (Lipinski definition) is 0. The van der Waals surface area contributed by atoms with Gasteiger partial charge in [-0.25, -0.2) is 9.67 Å². The maximum Gasteiger partial charge on any atom is 0.145 e. The largest absolute Gasteiger partial charge is 0.494 e. The SMILES string of the molecule is COc1cccc2c(-c3cccc4nn(C)cc34)nn(-c3ccc(N4CC5C(C=O)C5C4)nc3)c12. The highest BCUT2D eigenvalue weighted by molar-refractivity contribution is 6.04. The van der Waals surface area contributed by atoms with E-state index >= 15 is 0 Å². The highest BCUT2D eigenvalue weighted by atomic mass is 16.5. The topological polar surface area (TPSA) is 78.1 Å². The second kappa shape index (κ2) is 7.40. The smallest absolute Gasteiger partial charge is 0.145 e. The van der Waals surface area contributed by atoms with Crippen LogP contribution in [0.1, 0.15) is 0 Å². The van der Waals surface area contributed by atoms with Crippen LogP contribution in [-0.4, -0.2) is 51.0 Å². The van der Waals surface area contributed by atoms with Gasteiger partial charge in [0, 0.05) is 48.6 Å². The van der Waals surface area contributed by atoms with Crippen molar-refractivity contribution >= 4 is 33.9 Å². The molecule has 4 heterocycles. The van der Waals surface area contributed by atoms with E-state index < -0.39 is 0 Å². The Kier molecular flexibility index (Phi) is 4.27. The first kappa shape index (κ1) is 20.2. The van der Waals surface area contributed by atoms with Crippen molar-refractivity contribution in [1.82, 2.24) is 24.5 Å². The van der Waals surface area contributed by atoms with Crippen molar-refractivity contribution in [2.75, 3.05) is 25.1 Å². The summed E-state index contributed by atoms with van der Waals surface area (Å²) in [4.78, 5) is 18.1. The normalized spacial score (nSPS) is 21.0. The van der Waals surface area contributed by atoms with Crippen molar-refractivity contribution in [2.24, 2.45) is 24.8 Å². The minimum absolute atomic E-state index is 0.246. The third-order valence-electron chi connectivity index (χ3n) is 7.52. The van der Waals surface area contributed by atoms with Gasteiger partial charge in [-0.1, -0.05) is 24.3 Å². The van der Waals surface area contributed by atoms with Crippen molar-refractivity contribution in [3.05, 3.63) is 60.9 Å². The Morgan fingerprint density at radius 2 is 1.83 bits per heavy atom. The fourth-order valence-corrected chi connectivity index (χ4v) is 5.71. The van der Waals surface area contributed by atoms with E-state index in [1.165, 1.54) is 0 Å². The molecule has 1 aliphatic heterocycles. The van der Waals surface area contributed by atoms with Gasteiger partial charge in [0.2, 0.25) is 0 Å². The van der Waals surface area contributed by atoms with Crippen LogP contribution in [-0.2, 0) is 11.8 Å². The second-order valence-corrected chi connectivity index (χ2v) is 9.48. The third-order valence-corrected chi connectivity index (χ3v) is 7.52. The standard InChI is InChI=1S/C27H24N6O2/c1-31-12-21-17(5-3-7-23(21)29-31)26-18-6-4-8-24(35-2)27(18)33(30-26)16-9-10-25(28-11-16)32-13-19-20(14-32)22(19)15-34/h3-12,15,19-20,22H,13-14H2,1-2H3. The zero-order chi connectivity index (χ0) is 23.7. The summed E-state index contributed by atoms with van der Waals surface area (Å²) in [5, 5.41) is 11.7. The lowest BCUT2D eigenvalue weighted by molar-refractivity contribution is -0.109. The van der Waals surface area contributed by atoms with E-state index in [0.717, 1.165) is 69.7 Å². The van der Waals surface area contributed by atoms with Crippen LogP contribution in [0.4, 0.5) is 5.82 Å². The number of anilines is 1. The number of carbonyl (C=O) groups is 1. The van der Waals surface area contributed by atoms with Gasteiger partial charge in [-0.15, -0.1) is 0 Å².